The highest BCUT2D eigenvalue weighted by Gasteiger charge is 2.12. The average molecular weight is 410 g/mol. The number of benzene rings is 2. The third-order valence-electron chi connectivity index (χ3n) is 3.20. The van der Waals surface area contributed by atoms with E-state index in [2.05, 4.69) is 15.5 Å². The first-order valence-corrected chi connectivity index (χ1v) is 9.14. The lowest BCUT2D eigenvalue weighted by Crippen LogP contribution is -2.13. The zero-order chi connectivity index (χ0) is 18.5. The number of hydrogen-bond acceptors (Lipinski definition) is 6. The number of nitrogens with zero attached hydrogens (tertiary/aromatic N) is 2. The molecule has 0 saturated heterocycles. The monoisotopic (exact) mass is 409 g/mol. The topological polar surface area (TPSA) is 77.2 Å². The van der Waals surface area contributed by atoms with Gasteiger partial charge in [0.05, 0.1) is 12.9 Å². The van der Waals surface area contributed by atoms with Crippen LogP contribution in [-0.4, -0.2) is 29.0 Å². The Balaban J connectivity index is 1.59. The predicted octanol–water partition coefficient (Wildman–Crippen LogP) is 4.78. The zero-order valence-electron chi connectivity index (χ0n) is 13.5. The standard InChI is InChI=1S/C17H13Cl2N3O3S/c1-24-14-4-2-3-10(5-14)16-21-22-17(25-16)26-9-15(23)20-13-7-11(18)6-12(19)8-13/h2-8H,9H2,1H3,(H,20,23). The van der Waals surface area contributed by atoms with Crippen molar-refractivity contribution in [2.45, 2.75) is 5.22 Å². The quantitative estimate of drug-likeness (QED) is 0.590. The van der Waals surface area contributed by atoms with Gasteiger partial charge in [-0.15, -0.1) is 10.2 Å². The number of anilines is 1. The van der Waals surface area contributed by atoms with Crippen LogP contribution in [0.1, 0.15) is 0 Å². The van der Waals surface area contributed by atoms with Gasteiger partial charge in [-0.2, -0.15) is 0 Å². The van der Waals surface area contributed by atoms with E-state index in [4.69, 9.17) is 32.4 Å². The van der Waals surface area contributed by atoms with Crippen molar-refractivity contribution < 1.29 is 13.9 Å². The molecule has 0 spiro atoms. The number of aromatic nitrogens is 2. The summed E-state index contributed by atoms with van der Waals surface area (Å²) in [5, 5.41) is 11.8. The molecule has 0 atom stereocenters. The maximum Gasteiger partial charge on any atom is 0.277 e. The lowest BCUT2D eigenvalue weighted by Gasteiger charge is -2.05. The van der Waals surface area contributed by atoms with E-state index >= 15 is 0 Å². The van der Waals surface area contributed by atoms with E-state index in [1.54, 1.807) is 31.4 Å². The summed E-state index contributed by atoms with van der Waals surface area (Å²) in [6, 6.07) is 12.1. The Kier molecular flexibility index (Phi) is 6.03. The predicted molar refractivity (Wildman–Crippen MR) is 102 cm³/mol. The number of ether oxygens (including phenoxy) is 1. The first kappa shape index (κ1) is 18.6. The van der Waals surface area contributed by atoms with Gasteiger partial charge in [0, 0.05) is 21.3 Å². The average Bonchev–Trinajstić information content (AvgIpc) is 3.08. The Morgan fingerprint density at radius 2 is 1.96 bits per heavy atom. The van der Waals surface area contributed by atoms with Crippen molar-refractivity contribution in [2.24, 2.45) is 0 Å². The second-order valence-electron chi connectivity index (χ2n) is 5.10. The van der Waals surface area contributed by atoms with Gasteiger partial charge >= 0.3 is 0 Å². The van der Waals surface area contributed by atoms with Crippen LogP contribution in [0.5, 0.6) is 5.75 Å². The number of rotatable bonds is 6. The van der Waals surface area contributed by atoms with Crippen molar-refractivity contribution >= 4 is 46.6 Å². The molecule has 9 heteroatoms. The molecule has 0 bridgehead atoms. The molecule has 134 valence electrons. The van der Waals surface area contributed by atoms with Crippen LogP contribution in [-0.2, 0) is 4.79 Å². The molecular weight excluding hydrogens is 397 g/mol. The summed E-state index contributed by atoms with van der Waals surface area (Å²) in [6.45, 7) is 0. The lowest BCUT2D eigenvalue weighted by molar-refractivity contribution is -0.113. The number of nitrogens with one attached hydrogen (secondary N) is 1. The largest absolute Gasteiger partial charge is 0.497 e. The maximum atomic E-state index is 12.0. The first-order chi connectivity index (χ1) is 12.5. The van der Waals surface area contributed by atoms with Gasteiger partial charge in [-0.05, 0) is 36.4 Å². The molecule has 3 aromatic rings. The minimum Gasteiger partial charge on any atom is -0.497 e. The zero-order valence-corrected chi connectivity index (χ0v) is 15.9. The van der Waals surface area contributed by atoms with E-state index in [1.807, 2.05) is 18.2 Å². The fourth-order valence-corrected chi connectivity index (χ4v) is 3.18. The van der Waals surface area contributed by atoms with Crippen LogP contribution in [0.4, 0.5) is 5.69 Å². The van der Waals surface area contributed by atoms with Gasteiger partial charge in [-0.25, -0.2) is 0 Å². The highest BCUT2D eigenvalue weighted by Crippen LogP contribution is 2.26. The molecule has 3 rings (SSSR count). The smallest absolute Gasteiger partial charge is 0.277 e. The molecule has 0 unspecified atom stereocenters. The van der Waals surface area contributed by atoms with Crippen molar-refractivity contribution in [1.29, 1.82) is 0 Å². The molecule has 1 aromatic heterocycles. The number of carbonyl (C=O) groups excluding carboxylic acids is 1. The van der Waals surface area contributed by atoms with E-state index in [0.717, 1.165) is 17.3 Å². The SMILES string of the molecule is COc1cccc(-c2nnc(SCC(=O)Nc3cc(Cl)cc(Cl)c3)o2)c1. The van der Waals surface area contributed by atoms with Crippen LogP contribution in [0.25, 0.3) is 11.5 Å². The second-order valence-corrected chi connectivity index (χ2v) is 6.90. The van der Waals surface area contributed by atoms with E-state index in [1.165, 1.54) is 0 Å². The summed E-state index contributed by atoms with van der Waals surface area (Å²) in [5.74, 6) is 0.904. The molecule has 1 amide bonds. The number of halogens is 2. The molecule has 1 heterocycles. The molecule has 0 aliphatic rings. The summed E-state index contributed by atoms with van der Waals surface area (Å²) in [7, 11) is 1.58. The summed E-state index contributed by atoms with van der Waals surface area (Å²) in [6.07, 6.45) is 0. The van der Waals surface area contributed by atoms with Crippen molar-refractivity contribution in [2.75, 3.05) is 18.2 Å². The molecule has 0 aliphatic carbocycles. The van der Waals surface area contributed by atoms with E-state index < -0.39 is 0 Å². The highest BCUT2D eigenvalue weighted by molar-refractivity contribution is 7.99. The van der Waals surface area contributed by atoms with Crippen molar-refractivity contribution in [1.82, 2.24) is 10.2 Å². The molecule has 2 aromatic carbocycles. The second kappa shape index (κ2) is 8.44. The van der Waals surface area contributed by atoms with Gasteiger partial charge in [-0.3, -0.25) is 4.79 Å². The molecule has 6 nitrogen and oxygen atoms in total. The highest BCUT2D eigenvalue weighted by atomic mass is 35.5. The lowest BCUT2D eigenvalue weighted by atomic mass is 10.2. The van der Waals surface area contributed by atoms with Gasteiger partial charge < -0.3 is 14.5 Å². The van der Waals surface area contributed by atoms with Crippen LogP contribution in [0.2, 0.25) is 10.0 Å². The summed E-state index contributed by atoms with van der Waals surface area (Å²) >= 11 is 12.9. The summed E-state index contributed by atoms with van der Waals surface area (Å²) in [5.41, 5.74) is 1.26. The minimum absolute atomic E-state index is 0.101. The van der Waals surface area contributed by atoms with Gasteiger partial charge in [0.25, 0.3) is 5.22 Å². The molecule has 1 N–H and O–H groups in total. The number of methoxy groups -OCH3 is 1. The maximum absolute atomic E-state index is 12.0. The minimum atomic E-state index is -0.241. The van der Waals surface area contributed by atoms with Crippen molar-refractivity contribution in [3.8, 4) is 17.2 Å². The van der Waals surface area contributed by atoms with Gasteiger partial charge in [-0.1, -0.05) is 41.0 Å². The third kappa shape index (κ3) is 4.91. The van der Waals surface area contributed by atoms with E-state index in [0.29, 0.717) is 32.6 Å². The van der Waals surface area contributed by atoms with Crippen molar-refractivity contribution in [3.63, 3.8) is 0 Å². The summed E-state index contributed by atoms with van der Waals surface area (Å²) in [4.78, 5) is 12.0. The molecular formula is C17H13Cl2N3O3S. The third-order valence-corrected chi connectivity index (χ3v) is 4.45. The Labute approximate surface area is 163 Å². The van der Waals surface area contributed by atoms with Gasteiger partial charge in [0.2, 0.25) is 11.8 Å². The Bertz CT molecular complexity index is 913. The number of amides is 1. The van der Waals surface area contributed by atoms with E-state index in [-0.39, 0.29) is 11.7 Å². The molecule has 0 saturated carbocycles. The number of hydrogen-bond donors (Lipinski definition) is 1. The Hall–Kier alpha value is -2.22. The van der Waals surface area contributed by atoms with Crippen LogP contribution in [0.15, 0.2) is 52.1 Å². The number of thioether (sulfide) groups is 1. The van der Waals surface area contributed by atoms with Crippen LogP contribution >= 0.6 is 35.0 Å². The van der Waals surface area contributed by atoms with E-state index in [9.17, 15) is 4.79 Å². The first-order valence-electron chi connectivity index (χ1n) is 7.40. The van der Waals surface area contributed by atoms with Crippen molar-refractivity contribution in [3.05, 3.63) is 52.5 Å². The van der Waals surface area contributed by atoms with Crippen LogP contribution < -0.4 is 10.1 Å². The van der Waals surface area contributed by atoms with Gasteiger partial charge in [0.15, 0.2) is 0 Å². The van der Waals surface area contributed by atoms with Crippen LogP contribution in [0, 0.1) is 0 Å². The number of carbonyl (C=O) groups is 1. The fraction of sp³-hybridized carbons (Fsp3) is 0.118. The summed E-state index contributed by atoms with van der Waals surface area (Å²) < 4.78 is 10.7. The molecule has 0 aliphatic heterocycles. The normalized spacial score (nSPS) is 10.6. The van der Waals surface area contributed by atoms with Gasteiger partial charge in [0.1, 0.15) is 5.75 Å². The molecule has 26 heavy (non-hydrogen) atoms. The molecule has 0 radical (unpaired) electrons. The molecule has 0 fully saturated rings. The Morgan fingerprint density at radius 3 is 2.69 bits per heavy atom. The fourth-order valence-electron chi connectivity index (χ4n) is 2.09. The van der Waals surface area contributed by atoms with Crippen LogP contribution in [0.3, 0.4) is 0 Å². The Morgan fingerprint density at radius 1 is 1.19 bits per heavy atom.